The average molecular weight is 388 g/mol. The summed E-state index contributed by atoms with van der Waals surface area (Å²) < 4.78 is 0. The van der Waals surface area contributed by atoms with Crippen LogP contribution < -0.4 is 0 Å². The minimum atomic E-state index is 0.745. The first-order valence-corrected chi connectivity index (χ1v) is 9.50. The summed E-state index contributed by atoms with van der Waals surface area (Å²) in [6, 6.07) is 28.9. The molecule has 5 rings (SSSR count). The molecule has 27 heavy (non-hydrogen) atoms. The van der Waals surface area contributed by atoms with Crippen LogP contribution in [0.1, 0.15) is 0 Å². The lowest BCUT2D eigenvalue weighted by Gasteiger charge is -2.04. The topological polar surface area (TPSA) is 15.8 Å². The van der Waals surface area contributed by atoms with Crippen molar-refractivity contribution < 1.29 is 0 Å². The standard InChI is InChI=1S/C24H15Cl2N/c25-19-5-1-3-15(11-19)17-7-9-23-21(13-17)22-14-18(8-10-24(22)27-23)16-4-2-6-20(26)12-16/h1-14,27H. The summed E-state index contributed by atoms with van der Waals surface area (Å²) in [5.74, 6) is 0. The van der Waals surface area contributed by atoms with Crippen LogP contribution in [-0.4, -0.2) is 4.98 Å². The zero-order chi connectivity index (χ0) is 18.4. The summed E-state index contributed by atoms with van der Waals surface area (Å²) in [6.45, 7) is 0. The number of nitrogens with one attached hydrogen (secondary N) is 1. The predicted octanol–water partition coefficient (Wildman–Crippen LogP) is 7.96. The first-order valence-electron chi connectivity index (χ1n) is 8.75. The summed E-state index contributed by atoms with van der Waals surface area (Å²) in [5.41, 5.74) is 6.78. The highest BCUT2D eigenvalue weighted by Gasteiger charge is 2.09. The van der Waals surface area contributed by atoms with E-state index in [-0.39, 0.29) is 0 Å². The molecule has 0 aliphatic rings. The lowest BCUT2D eigenvalue weighted by Crippen LogP contribution is -1.79. The molecular formula is C24H15Cl2N. The van der Waals surface area contributed by atoms with Crippen LogP contribution in [-0.2, 0) is 0 Å². The minimum Gasteiger partial charge on any atom is -0.355 e. The fourth-order valence-corrected chi connectivity index (χ4v) is 3.97. The highest BCUT2D eigenvalue weighted by Crippen LogP contribution is 2.33. The molecule has 1 N–H and O–H groups in total. The van der Waals surface area contributed by atoms with Crippen LogP contribution in [0.2, 0.25) is 10.0 Å². The van der Waals surface area contributed by atoms with Crippen LogP contribution in [0.4, 0.5) is 0 Å². The maximum atomic E-state index is 6.17. The van der Waals surface area contributed by atoms with Crippen LogP contribution in [0.15, 0.2) is 84.9 Å². The number of rotatable bonds is 2. The first kappa shape index (κ1) is 16.4. The van der Waals surface area contributed by atoms with E-state index < -0.39 is 0 Å². The molecule has 1 heterocycles. The van der Waals surface area contributed by atoms with Crippen molar-refractivity contribution >= 4 is 45.0 Å². The summed E-state index contributed by atoms with van der Waals surface area (Å²) in [4.78, 5) is 3.51. The van der Waals surface area contributed by atoms with Crippen molar-refractivity contribution in [3.05, 3.63) is 95.0 Å². The molecule has 1 aromatic heterocycles. The van der Waals surface area contributed by atoms with Gasteiger partial charge in [-0.15, -0.1) is 0 Å². The number of halogens is 2. The molecule has 130 valence electrons. The van der Waals surface area contributed by atoms with Gasteiger partial charge in [-0.05, 0) is 70.8 Å². The van der Waals surface area contributed by atoms with Gasteiger partial charge >= 0.3 is 0 Å². The van der Waals surface area contributed by atoms with Gasteiger partial charge in [0.05, 0.1) is 0 Å². The van der Waals surface area contributed by atoms with E-state index in [1.165, 1.54) is 10.8 Å². The number of benzene rings is 4. The van der Waals surface area contributed by atoms with Gasteiger partial charge in [-0.1, -0.05) is 59.6 Å². The average Bonchev–Trinajstić information content (AvgIpc) is 3.05. The summed E-state index contributed by atoms with van der Waals surface area (Å²) in [7, 11) is 0. The Balaban J connectivity index is 1.71. The second-order valence-electron chi connectivity index (χ2n) is 6.67. The molecule has 0 amide bonds. The Hall–Kier alpha value is -2.74. The molecule has 0 atom stereocenters. The molecule has 5 aromatic rings. The Morgan fingerprint density at radius 3 is 1.37 bits per heavy atom. The van der Waals surface area contributed by atoms with Crippen LogP contribution in [0, 0.1) is 0 Å². The van der Waals surface area contributed by atoms with Crippen LogP contribution >= 0.6 is 23.2 Å². The van der Waals surface area contributed by atoms with E-state index in [0.29, 0.717) is 0 Å². The number of hydrogen-bond donors (Lipinski definition) is 1. The number of H-pyrrole nitrogens is 1. The normalized spacial score (nSPS) is 11.3. The second kappa shape index (κ2) is 6.45. The summed E-state index contributed by atoms with van der Waals surface area (Å²) in [6.07, 6.45) is 0. The molecule has 0 spiro atoms. The van der Waals surface area contributed by atoms with Crippen molar-refractivity contribution in [3.8, 4) is 22.3 Å². The van der Waals surface area contributed by atoms with Gasteiger partial charge in [0.25, 0.3) is 0 Å². The molecule has 0 unspecified atom stereocenters. The molecule has 1 nitrogen and oxygen atoms in total. The lowest BCUT2D eigenvalue weighted by atomic mass is 10.0. The summed E-state index contributed by atoms with van der Waals surface area (Å²) in [5, 5.41) is 3.89. The van der Waals surface area contributed by atoms with E-state index in [4.69, 9.17) is 23.2 Å². The quantitative estimate of drug-likeness (QED) is 0.316. The van der Waals surface area contributed by atoms with Crippen molar-refractivity contribution in [2.75, 3.05) is 0 Å². The third kappa shape index (κ3) is 2.99. The molecule has 0 radical (unpaired) electrons. The molecule has 0 saturated heterocycles. The van der Waals surface area contributed by atoms with Gasteiger partial charge in [-0.2, -0.15) is 0 Å². The number of hydrogen-bond acceptors (Lipinski definition) is 0. The van der Waals surface area contributed by atoms with Gasteiger partial charge in [-0.25, -0.2) is 0 Å². The van der Waals surface area contributed by atoms with E-state index in [0.717, 1.165) is 43.3 Å². The van der Waals surface area contributed by atoms with Crippen molar-refractivity contribution in [1.29, 1.82) is 0 Å². The fraction of sp³-hybridized carbons (Fsp3) is 0. The van der Waals surface area contributed by atoms with Crippen molar-refractivity contribution in [3.63, 3.8) is 0 Å². The van der Waals surface area contributed by atoms with Gasteiger partial charge in [-0.3, -0.25) is 0 Å². The number of aromatic amines is 1. The van der Waals surface area contributed by atoms with Crippen molar-refractivity contribution in [2.45, 2.75) is 0 Å². The van der Waals surface area contributed by atoms with E-state index >= 15 is 0 Å². The Bertz CT molecular complexity index is 1200. The van der Waals surface area contributed by atoms with Crippen molar-refractivity contribution in [1.82, 2.24) is 4.98 Å². The van der Waals surface area contributed by atoms with E-state index in [1.807, 2.05) is 36.4 Å². The van der Waals surface area contributed by atoms with Gasteiger partial charge < -0.3 is 4.98 Å². The van der Waals surface area contributed by atoms with Gasteiger partial charge in [0.2, 0.25) is 0 Å². The Kier molecular flexibility index (Phi) is 3.93. The molecule has 3 heteroatoms. The maximum Gasteiger partial charge on any atom is 0.0465 e. The van der Waals surface area contributed by atoms with Crippen LogP contribution in [0.3, 0.4) is 0 Å². The molecule has 0 fully saturated rings. The van der Waals surface area contributed by atoms with Gasteiger partial charge in [0.15, 0.2) is 0 Å². The van der Waals surface area contributed by atoms with Crippen LogP contribution in [0.25, 0.3) is 44.1 Å². The fourth-order valence-electron chi connectivity index (χ4n) is 3.59. The monoisotopic (exact) mass is 387 g/mol. The summed E-state index contributed by atoms with van der Waals surface area (Å²) >= 11 is 12.3. The third-order valence-corrected chi connectivity index (χ3v) is 5.38. The van der Waals surface area contributed by atoms with E-state index in [9.17, 15) is 0 Å². The largest absolute Gasteiger partial charge is 0.355 e. The maximum absolute atomic E-state index is 6.17. The van der Waals surface area contributed by atoms with Crippen LogP contribution in [0.5, 0.6) is 0 Å². The van der Waals surface area contributed by atoms with E-state index in [1.54, 1.807) is 0 Å². The second-order valence-corrected chi connectivity index (χ2v) is 7.54. The molecular weight excluding hydrogens is 373 g/mol. The molecule has 0 saturated carbocycles. The highest BCUT2D eigenvalue weighted by molar-refractivity contribution is 6.31. The predicted molar refractivity (Wildman–Crippen MR) is 117 cm³/mol. The zero-order valence-electron chi connectivity index (χ0n) is 14.3. The lowest BCUT2D eigenvalue weighted by molar-refractivity contribution is 1.54. The highest BCUT2D eigenvalue weighted by atomic mass is 35.5. The number of fused-ring (bicyclic) bond motifs is 3. The van der Waals surface area contributed by atoms with E-state index in [2.05, 4.69) is 53.5 Å². The van der Waals surface area contributed by atoms with Gasteiger partial charge in [0, 0.05) is 31.9 Å². The zero-order valence-corrected chi connectivity index (χ0v) is 15.9. The Morgan fingerprint density at radius 1 is 0.481 bits per heavy atom. The Morgan fingerprint density at radius 2 is 0.926 bits per heavy atom. The molecule has 0 aliphatic heterocycles. The molecule has 0 bridgehead atoms. The molecule has 0 aliphatic carbocycles. The van der Waals surface area contributed by atoms with Crippen molar-refractivity contribution in [2.24, 2.45) is 0 Å². The smallest absolute Gasteiger partial charge is 0.0465 e. The minimum absolute atomic E-state index is 0.745. The Labute approximate surface area is 167 Å². The number of aromatic nitrogens is 1. The SMILES string of the molecule is Clc1cccc(-c2ccc3[nH]c4ccc(-c5cccc(Cl)c5)cc4c3c2)c1. The third-order valence-electron chi connectivity index (χ3n) is 4.91. The molecule has 4 aromatic carbocycles. The first-order chi connectivity index (χ1) is 13.2. The van der Waals surface area contributed by atoms with Gasteiger partial charge in [0.1, 0.15) is 0 Å².